The lowest BCUT2D eigenvalue weighted by atomic mass is 9.95. The summed E-state index contributed by atoms with van der Waals surface area (Å²) >= 11 is 0. The molecule has 0 unspecified atom stereocenters. The van der Waals surface area contributed by atoms with Crippen LogP contribution in [0.5, 0.6) is 5.75 Å². The van der Waals surface area contributed by atoms with E-state index in [2.05, 4.69) is 66.3 Å². The summed E-state index contributed by atoms with van der Waals surface area (Å²) in [5, 5.41) is 3.43. The molecule has 1 heterocycles. The molecule has 5 nitrogen and oxygen atoms in total. The van der Waals surface area contributed by atoms with Crippen molar-refractivity contribution in [3.63, 3.8) is 0 Å². The summed E-state index contributed by atoms with van der Waals surface area (Å²) in [6.45, 7) is 4.58. The molecule has 3 rings (SSSR count). The Bertz CT molecular complexity index is 767. The normalized spacial score (nSPS) is 15.0. The second kappa shape index (κ2) is 9.48. The van der Waals surface area contributed by atoms with E-state index in [4.69, 9.17) is 9.73 Å². The van der Waals surface area contributed by atoms with E-state index in [0.29, 0.717) is 0 Å². The van der Waals surface area contributed by atoms with Gasteiger partial charge in [-0.2, -0.15) is 0 Å². The van der Waals surface area contributed by atoms with Gasteiger partial charge in [-0.3, -0.25) is 4.99 Å². The van der Waals surface area contributed by atoms with Gasteiger partial charge in [0.2, 0.25) is 0 Å². The zero-order valence-corrected chi connectivity index (χ0v) is 19.1. The van der Waals surface area contributed by atoms with E-state index in [-0.39, 0.29) is 29.4 Å². The minimum absolute atomic E-state index is 0. The highest BCUT2D eigenvalue weighted by atomic mass is 127. The second-order valence-electron chi connectivity index (χ2n) is 7.12. The van der Waals surface area contributed by atoms with Crippen molar-refractivity contribution in [2.24, 2.45) is 12.0 Å². The van der Waals surface area contributed by atoms with Crippen LogP contribution < -0.4 is 10.1 Å². The van der Waals surface area contributed by atoms with E-state index in [1.165, 1.54) is 11.3 Å². The molecule has 6 heteroatoms. The lowest BCUT2D eigenvalue weighted by Gasteiger charge is -2.24. The molecular formula is C21H31IN4O. The average Bonchev–Trinajstić information content (AvgIpc) is 3.35. The number of aryl methyl sites for hydroxylation is 1. The maximum absolute atomic E-state index is 5.58. The van der Waals surface area contributed by atoms with Gasteiger partial charge in [-0.05, 0) is 38.0 Å². The highest BCUT2D eigenvalue weighted by Gasteiger charge is 2.46. The molecule has 148 valence electrons. The molecule has 2 aromatic rings. The standard InChI is InChI=1S/C21H30N4O.HI/c1-5-22-20(25(3)15-17-9-8-14-24(17)2)23-16-21(12-13-21)18-10-6-7-11-19(18)26-4;/h6-11,14H,5,12-13,15-16H2,1-4H3,(H,22,23);1H. The van der Waals surface area contributed by atoms with E-state index in [0.717, 1.165) is 44.2 Å². The molecule has 0 atom stereocenters. The minimum atomic E-state index is 0. The molecule has 27 heavy (non-hydrogen) atoms. The summed E-state index contributed by atoms with van der Waals surface area (Å²) in [7, 11) is 5.92. The van der Waals surface area contributed by atoms with Crippen molar-refractivity contribution in [1.82, 2.24) is 14.8 Å². The van der Waals surface area contributed by atoms with E-state index in [9.17, 15) is 0 Å². The topological polar surface area (TPSA) is 41.8 Å². The monoisotopic (exact) mass is 482 g/mol. The van der Waals surface area contributed by atoms with Gasteiger partial charge in [0.1, 0.15) is 5.75 Å². The lowest BCUT2D eigenvalue weighted by molar-refractivity contribution is 0.404. The van der Waals surface area contributed by atoms with Crippen LogP contribution in [0.4, 0.5) is 0 Å². The highest BCUT2D eigenvalue weighted by Crippen LogP contribution is 2.51. The Hall–Kier alpha value is -1.70. The second-order valence-corrected chi connectivity index (χ2v) is 7.12. The summed E-state index contributed by atoms with van der Waals surface area (Å²) in [6.07, 6.45) is 4.41. The number of aliphatic imine (C=N–C) groups is 1. The quantitative estimate of drug-likeness (QED) is 0.371. The van der Waals surface area contributed by atoms with E-state index >= 15 is 0 Å². The van der Waals surface area contributed by atoms with Gasteiger partial charge >= 0.3 is 0 Å². The summed E-state index contributed by atoms with van der Waals surface area (Å²) in [6, 6.07) is 12.6. The third kappa shape index (κ3) is 4.97. The lowest BCUT2D eigenvalue weighted by Crippen LogP contribution is -2.39. The molecule has 1 saturated carbocycles. The Morgan fingerprint density at radius 1 is 1.26 bits per heavy atom. The van der Waals surface area contributed by atoms with Crippen LogP contribution in [-0.4, -0.2) is 42.7 Å². The average molecular weight is 482 g/mol. The van der Waals surface area contributed by atoms with Crippen molar-refractivity contribution in [3.05, 3.63) is 53.9 Å². The molecule has 0 radical (unpaired) electrons. The first kappa shape index (κ1) is 21.6. The third-order valence-electron chi connectivity index (χ3n) is 5.21. The fourth-order valence-electron chi connectivity index (χ4n) is 3.42. The van der Waals surface area contributed by atoms with Gasteiger partial charge in [0.05, 0.1) is 20.2 Å². The predicted molar refractivity (Wildman–Crippen MR) is 122 cm³/mol. The van der Waals surface area contributed by atoms with Crippen LogP contribution in [0.3, 0.4) is 0 Å². The molecule has 1 aromatic heterocycles. The number of rotatable bonds is 7. The molecule has 1 fully saturated rings. The van der Waals surface area contributed by atoms with Crippen molar-refractivity contribution in [2.45, 2.75) is 31.7 Å². The number of guanidine groups is 1. The minimum Gasteiger partial charge on any atom is -0.496 e. The number of aromatic nitrogens is 1. The molecule has 0 spiro atoms. The van der Waals surface area contributed by atoms with Crippen molar-refractivity contribution >= 4 is 29.9 Å². The summed E-state index contributed by atoms with van der Waals surface area (Å²) < 4.78 is 7.73. The van der Waals surface area contributed by atoms with Crippen LogP contribution in [0.25, 0.3) is 0 Å². The zero-order chi connectivity index (χ0) is 18.6. The Morgan fingerprint density at radius 2 is 2.00 bits per heavy atom. The van der Waals surface area contributed by atoms with Gasteiger partial charge in [0, 0.05) is 43.5 Å². The molecule has 1 aromatic carbocycles. The number of nitrogens with zero attached hydrogens (tertiary/aromatic N) is 3. The van der Waals surface area contributed by atoms with E-state index in [1.807, 2.05) is 12.1 Å². The predicted octanol–water partition coefficient (Wildman–Crippen LogP) is 3.78. The van der Waals surface area contributed by atoms with Gasteiger partial charge in [-0.15, -0.1) is 24.0 Å². The smallest absolute Gasteiger partial charge is 0.194 e. The SMILES string of the molecule is CCNC(=NCC1(c2ccccc2OC)CC1)N(C)Cc1cccn1C.I. The van der Waals surface area contributed by atoms with Crippen LogP contribution in [0.2, 0.25) is 0 Å². The third-order valence-corrected chi connectivity index (χ3v) is 5.21. The number of benzene rings is 1. The first-order valence-corrected chi connectivity index (χ1v) is 9.33. The maximum Gasteiger partial charge on any atom is 0.194 e. The number of hydrogen-bond donors (Lipinski definition) is 1. The van der Waals surface area contributed by atoms with Crippen LogP contribution in [-0.2, 0) is 19.0 Å². The van der Waals surface area contributed by atoms with Crippen LogP contribution in [0.15, 0.2) is 47.6 Å². The first-order chi connectivity index (χ1) is 12.6. The van der Waals surface area contributed by atoms with Gasteiger partial charge in [-0.1, -0.05) is 18.2 Å². The van der Waals surface area contributed by atoms with Gasteiger partial charge < -0.3 is 19.5 Å². The van der Waals surface area contributed by atoms with Crippen molar-refractivity contribution in [2.75, 3.05) is 27.2 Å². The number of nitrogens with one attached hydrogen (secondary N) is 1. The summed E-state index contributed by atoms with van der Waals surface area (Å²) in [5.74, 6) is 1.93. The fraction of sp³-hybridized carbons (Fsp3) is 0.476. The molecule has 0 bridgehead atoms. The maximum atomic E-state index is 5.58. The van der Waals surface area contributed by atoms with Gasteiger partial charge in [0.25, 0.3) is 0 Å². The number of para-hydroxylation sites is 1. The number of hydrogen-bond acceptors (Lipinski definition) is 2. The van der Waals surface area contributed by atoms with E-state index in [1.54, 1.807) is 7.11 Å². The number of methoxy groups -OCH3 is 1. The fourth-order valence-corrected chi connectivity index (χ4v) is 3.42. The molecule has 0 saturated heterocycles. The molecule has 1 aliphatic rings. The van der Waals surface area contributed by atoms with Crippen molar-refractivity contribution in [1.29, 1.82) is 0 Å². The van der Waals surface area contributed by atoms with Crippen molar-refractivity contribution in [3.8, 4) is 5.75 Å². The molecule has 1 aliphatic carbocycles. The highest BCUT2D eigenvalue weighted by molar-refractivity contribution is 14.0. The van der Waals surface area contributed by atoms with Gasteiger partial charge in [-0.25, -0.2) is 0 Å². The molecule has 0 aliphatic heterocycles. The Balaban J connectivity index is 0.00000261. The first-order valence-electron chi connectivity index (χ1n) is 9.33. The van der Waals surface area contributed by atoms with Gasteiger partial charge in [0.15, 0.2) is 5.96 Å². The van der Waals surface area contributed by atoms with Crippen LogP contribution in [0.1, 0.15) is 31.0 Å². The van der Waals surface area contributed by atoms with Crippen LogP contribution in [0, 0.1) is 0 Å². The largest absolute Gasteiger partial charge is 0.496 e. The van der Waals surface area contributed by atoms with Crippen LogP contribution >= 0.6 is 24.0 Å². The summed E-state index contributed by atoms with van der Waals surface area (Å²) in [5.41, 5.74) is 2.68. The Labute approximate surface area is 179 Å². The Morgan fingerprint density at radius 3 is 2.59 bits per heavy atom. The zero-order valence-electron chi connectivity index (χ0n) is 16.7. The van der Waals surface area contributed by atoms with Crippen molar-refractivity contribution < 1.29 is 4.74 Å². The summed E-state index contributed by atoms with van der Waals surface area (Å²) in [4.78, 5) is 7.17. The molecule has 0 amide bonds. The molecular weight excluding hydrogens is 451 g/mol. The number of ether oxygens (including phenoxy) is 1. The number of halogens is 1. The Kier molecular flexibility index (Phi) is 7.59. The molecule has 1 N–H and O–H groups in total. The van der Waals surface area contributed by atoms with E-state index < -0.39 is 0 Å².